The van der Waals surface area contributed by atoms with E-state index in [-0.39, 0.29) is 46.5 Å². The number of rotatable bonds is 8. The minimum absolute atomic E-state index is 0.0365. The number of aromatic amines is 2. The standard InChI is InChI=1S/C31H27F2N9O3S/c1-46(44,45)37-12-16-8-18(10-20(32)9-16)22-6-7-35-29-26(22)39-30(40-29)27-24-25(33)23(15-36-28(24)42-41-27)19-11-21(14-34-13-19)38-31(43)17-4-2-3-5-17/h6-11,13-15,17,37H,2-5,12H2,1H3,(H,38,43)(H,35,39,40)(H,36,41,42). The maximum Gasteiger partial charge on any atom is 0.227 e. The number of aromatic nitrogens is 7. The summed E-state index contributed by atoms with van der Waals surface area (Å²) in [5.74, 6) is -1.08. The summed E-state index contributed by atoms with van der Waals surface area (Å²) < 4.78 is 56.4. The molecule has 234 valence electrons. The van der Waals surface area contributed by atoms with E-state index >= 15 is 4.39 Å². The topological polar surface area (TPSA) is 171 Å². The summed E-state index contributed by atoms with van der Waals surface area (Å²) in [6.07, 6.45) is 10.7. The first-order valence-corrected chi connectivity index (χ1v) is 16.4. The fourth-order valence-corrected chi connectivity index (χ4v) is 6.22. The maximum atomic E-state index is 16.3. The number of sulfonamides is 1. The molecule has 0 atom stereocenters. The molecule has 6 aromatic rings. The molecule has 0 unspecified atom stereocenters. The van der Waals surface area contributed by atoms with Crippen molar-refractivity contribution in [2.24, 2.45) is 5.92 Å². The number of halogens is 2. The van der Waals surface area contributed by atoms with Crippen molar-refractivity contribution in [1.82, 2.24) is 39.8 Å². The lowest BCUT2D eigenvalue weighted by molar-refractivity contribution is -0.119. The Morgan fingerprint density at radius 1 is 1.00 bits per heavy atom. The SMILES string of the molecule is CS(=O)(=O)NCc1cc(F)cc(-c2ccnc3[nH]c(-c4n[nH]c5ncc(-c6cncc(NC(=O)C7CCCC7)c6)c(F)c45)nc23)c1. The van der Waals surface area contributed by atoms with E-state index in [1.54, 1.807) is 18.2 Å². The number of pyridine rings is 3. The van der Waals surface area contributed by atoms with Crippen LogP contribution in [0.4, 0.5) is 14.5 Å². The number of carbonyl (C=O) groups excluding carboxylic acids is 1. The lowest BCUT2D eigenvalue weighted by Gasteiger charge is -2.11. The van der Waals surface area contributed by atoms with E-state index in [1.807, 2.05) is 0 Å². The zero-order valence-electron chi connectivity index (χ0n) is 24.4. The molecule has 7 rings (SSSR count). The van der Waals surface area contributed by atoms with Crippen molar-refractivity contribution in [2.45, 2.75) is 32.2 Å². The van der Waals surface area contributed by atoms with Crippen molar-refractivity contribution in [1.29, 1.82) is 0 Å². The number of fused-ring (bicyclic) bond motifs is 2. The normalized spacial score (nSPS) is 14.0. The predicted molar refractivity (Wildman–Crippen MR) is 168 cm³/mol. The van der Waals surface area contributed by atoms with Gasteiger partial charge in [0, 0.05) is 47.7 Å². The number of hydrogen-bond donors (Lipinski definition) is 4. The molecule has 5 heterocycles. The minimum atomic E-state index is -3.49. The number of amides is 1. The molecule has 4 N–H and O–H groups in total. The fourth-order valence-electron chi connectivity index (χ4n) is 5.79. The first kappa shape index (κ1) is 29.6. The van der Waals surface area contributed by atoms with Crippen LogP contribution in [0, 0.1) is 17.6 Å². The second kappa shape index (κ2) is 11.7. The fraction of sp³-hybridized carbons (Fsp3) is 0.226. The van der Waals surface area contributed by atoms with Gasteiger partial charge >= 0.3 is 0 Å². The summed E-state index contributed by atoms with van der Waals surface area (Å²) in [7, 11) is -3.49. The molecular weight excluding hydrogens is 616 g/mol. The van der Waals surface area contributed by atoms with Crippen LogP contribution in [0.1, 0.15) is 31.2 Å². The largest absolute Gasteiger partial charge is 0.324 e. The lowest BCUT2D eigenvalue weighted by atomic mass is 10.0. The Labute approximate surface area is 261 Å². The van der Waals surface area contributed by atoms with Crippen molar-refractivity contribution in [3.63, 3.8) is 0 Å². The summed E-state index contributed by atoms with van der Waals surface area (Å²) in [4.78, 5) is 33.3. The van der Waals surface area contributed by atoms with Crippen molar-refractivity contribution in [3.05, 3.63) is 72.3 Å². The van der Waals surface area contributed by atoms with Gasteiger partial charge in [0.2, 0.25) is 15.9 Å². The molecule has 0 aliphatic heterocycles. The molecule has 0 saturated heterocycles. The number of hydrogen-bond acceptors (Lipinski definition) is 8. The predicted octanol–water partition coefficient (Wildman–Crippen LogP) is 5.08. The summed E-state index contributed by atoms with van der Waals surface area (Å²) in [6, 6.07) is 7.52. The highest BCUT2D eigenvalue weighted by atomic mass is 32.2. The zero-order valence-corrected chi connectivity index (χ0v) is 25.3. The number of imidazole rings is 1. The van der Waals surface area contributed by atoms with Gasteiger partial charge in [-0.05, 0) is 54.3 Å². The summed E-state index contributed by atoms with van der Waals surface area (Å²) in [5, 5.41) is 10.0. The second-order valence-corrected chi connectivity index (χ2v) is 13.1. The highest BCUT2D eigenvalue weighted by Gasteiger charge is 2.24. The monoisotopic (exact) mass is 643 g/mol. The molecule has 5 aromatic heterocycles. The lowest BCUT2D eigenvalue weighted by Crippen LogP contribution is -2.21. The van der Waals surface area contributed by atoms with Crippen LogP contribution < -0.4 is 10.0 Å². The Kier molecular flexibility index (Phi) is 7.49. The van der Waals surface area contributed by atoms with Gasteiger partial charge in [-0.2, -0.15) is 5.10 Å². The van der Waals surface area contributed by atoms with Gasteiger partial charge in [0.25, 0.3) is 0 Å². The average Bonchev–Trinajstić information content (AvgIpc) is 3.80. The van der Waals surface area contributed by atoms with Crippen molar-refractivity contribution >= 4 is 43.8 Å². The molecule has 1 aliphatic rings. The van der Waals surface area contributed by atoms with E-state index in [4.69, 9.17) is 0 Å². The van der Waals surface area contributed by atoms with E-state index in [0.717, 1.165) is 31.9 Å². The van der Waals surface area contributed by atoms with Crippen LogP contribution in [0.5, 0.6) is 0 Å². The number of benzene rings is 1. The van der Waals surface area contributed by atoms with Gasteiger partial charge in [-0.1, -0.05) is 12.8 Å². The number of H-pyrrole nitrogens is 2. The highest BCUT2D eigenvalue weighted by Crippen LogP contribution is 2.35. The number of nitrogens with zero attached hydrogens (tertiary/aromatic N) is 5. The minimum Gasteiger partial charge on any atom is -0.324 e. The van der Waals surface area contributed by atoms with Gasteiger partial charge in [0.15, 0.2) is 17.1 Å². The summed E-state index contributed by atoms with van der Waals surface area (Å²) in [5.41, 5.74) is 3.50. The molecule has 1 aliphatic carbocycles. The molecule has 46 heavy (non-hydrogen) atoms. The first-order valence-electron chi connectivity index (χ1n) is 14.5. The molecule has 12 nitrogen and oxygen atoms in total. The van der Waals surface area contributed by atoms with E-state index in [9.17, 15) is 17.6 Å². The Morgan fingerprint density at radius 3 is 2.63 bits per heavy atom. The van der Waals surface area contributed by atoms with E-state index in [1.165, 1.54) is 36.9 Å². The molecule has 0 radical (unpaired) electrons. The molecule has 1 saturated carbocycles. The third-order valence-corrected chi connectivity index (χ3v) is 8.65. The van der Waals surface area contributed by atoms with Crippen molar-refractivity contribution in [3.8, 4) is 33.8 Å². The van der Waals surface area contributed by atoms with Gasteiger partial charge in [0.05, 0.1) is 23.5 Å². The first-order chi connectivity index (χ1) is 22.1. The second-order valence-electron chi connectivity index (χ2n) is 11.3. The Balaban J connectivity index is 1.25. The van der Waals surface area contributed by atoms with Crippen LogP contribution >= 0.6 is 0 Å². The Morgan fingerprint density at radius 2 is 1.83 bits per heavy atom. The maximum absolute atomic E-state index is 16.3. The van der Waals surface area contributed by atoms with Crippen LogP contribution in [0.25, 0.3) is 56.0 Å². The summed E-state index contributed by atoms with van der Waals surface area (Å²) >= 11 is 0. The molecule has 0 bridgehead atoms. The molecule has 0 spiro atoms. The van der Waals surface area contributed by atoms with E-state index in [2.05, 4.69) is 45.2 Å². The number of nitrogens with one attached hydrogen (secondary N) is 4. The van der Waals surface area contributed by atoms with Gasteiger partial charge in [-0.25, -0.2) is 36.9 Å². The van der Waals surface area contributed by atoms with Gasteiger partial charge in [-0.15, -0.1) is 0 Å². The molecule has 1 amide bonds. The molecule has 15 heteroatoms. The highest BCUT2D eigenvalue weighted by molar-refractivity contribution is 7.88. The van der Waals surface area contributed by atoms with Gasteiger partial charge in [0.1, 0.15) is 22.8 Å². The van der Waals surface area contributed by atoms with Crippen LogP contribution in [0.3, 0.4) is 0 Å². The third kappa shape index (κ3) is 5.81. The molecule has 1 aromatic carbocycles. The average molecular weight is 644 g/mol. The number of anilines is 1. The zero-order chi connectivity index (χ0) is 32.0. The molecule has 1 fully saturated rings. The van der Waals surface area contributed by atoms with Gasteiger partial charge in [-0.3, -0.25) is 14.9 Å². The Hall–Kier alpha value is -5.15. The Bertz CT molecular complexity index is 2250. The van der Waals surface area contributed by atoms with Gasteiger partial charge < -0.3 is 10.3 Å². The third-order valence-electron chi connectivity index (χ3n) is 7.98. The van der Waals surface area contributed by atoms with Crippen LogP contribution in [0.15, 0.2) is 55.1 Å². The van der Waals surface area contributed by atoms with Crippen molar-refractivity contribution in [2.75, 3.05) is 11.6 Å². The van der Waals surface area contributed by atoms with E-state index in [0.29, 0.717) is 39.1 Å². The summed E-state index contributed by atoms with van der Waals surface area (Å²) in [6.45, 7) is -0.0944. The van der Waals surface area contributed by atoms with Crippen molar-refractivity contribution < 1.29 is 22.0 Å². The smallest absolute Gasteiger partial charge is 0.227 e. The molecular formula is C31H27F2N9O3S. The van der Waals surface area contributed by atoms with Crippen LogP contribution in [-0.4, -0.2) is 55.7 Å². The van der Waals surface area contributed by atoms with E-state index < -0.39 is 21.7 Å². The van der Waals surface area contributed by atoms with Crippen LogP contribution in [0.2, 0.25) is 0 Å². The van der Waals surface area contributed by atoms with Crippen LogP contribution in [-0.2, 0) is 21.4 Å². The number of carbonyl (C=O) groups is 1. The quantitative estimate of drug-likeness (QED) is 0.178.